The molecule has 2 aromatic rings. The SMILES string of the molecule is COc1ccc([C@@H]2CCC[NH+]2CC(=O)NCc2ccc3c(c2)OCO3)c(OC)c1. The van der Waals surface area contributed by atoms with Gasteiger partial charge in [-0.05, 0) is 29.8 Å². The zero-order chi connectivity index (χ0) is 20.2. The van der Waals surface area contributed by atoms with Crippen molar-refractivity contribution >= 4 is 5.91 Å². The fourth-order valence-corrected chi connectivity index (χ4v) is 4.13. The lowest BCUT2D eigenvalue weighted by molar-refractivity contribution is -0.910. The summed E-state index contributed by atoms with van der Waals surface area (Å²) in [7, 11) is 3.32. The number of ether oxygens (including phenoxy) is 4. The maximum atomic E-state index is 12.6. The van der Waals surface area contributed by atoms with Gasteiger partial charge < -0.3 is 29.2 Å². The maximum Gasteiger partial charge on any atom is 0.275 e. The smallest absolute Gasteiger partial charge is 0.275 e. The predicted octanol–water partition coefficient (Wildman–Crippen LogP) is 1.47. The number of quaternary nitrogens is 1. The highest BCUT2D eigenvalue weighted by Crippen LogP contribution is 2.33. The molecule has 2 aromatic carbocycles. The standard InChI is InChI=1S/C22H26N2O5/c1-26-16-6-7-17(20(11-16)27-2)18-4-3-9-24(18)13-22(25)23-12-15-5-8-19-21(10-15)29-14-28-19/h5-8,10-11,18H,3-4,9,12-14H2,1-2H3,(H,23,25)/p+1/t18-/m0/s1. The molecular weight excluding hydrogens is 372 g/mol. The molecule has 0 spiro atoms. The second-order valence-electron chi connectivity index (χ2n) is 7.35. The van der Waals surface area contributed by atoms with E-state index in [1.54, 1.807) is 14.2 Å². The largest absolute Gasteiger partial charge is 0.497 e. The minimum atomic E-state index is 0.0389. The number of amides is 1. The number of nitrogens with one attached hydrogen (secondary N) is 2. The van der Waals surface area contributed by atoms with Crippen LogP contribution < -0.4 is 29.2 Å². The molecule has 0 radical (unpaired) electrons. The van der Waals surface area contributed by atoms with E-state index in [1.165, 1.54) is 4.90 Å². The van der Waals surface area contributed by atoms with Crippen LogP contribution >= 0.6 is 0 Å². The van der Waals surface area contributed by atoms with Gasteiger partial charge in [0.2, 0.25) is 6.79 Å². The predicted molar refractivity (Wildman–Crippen MR) is 107 cm³/mol. The van der Waals surface area contributed by atoms with Gasteiger partial charge >= 0.3 is 0 Å². The minimum absolute atomic E-state index is 0.0389. The Morgan fingerprint density at radius 1 is 1.14 bits per heavy atom. The van der Waals surface area contributed by atoms with E-state index >= 15 is 0 Å². The van der Waals surface area contributed by atoms with Crippen LogP contribution in [0.15, 0.2) is 36.4 Å². The van der Waals surface area contributed by atoms with E-state index < -0.39 is 0 Å². The van der Waals surface area contributed by atoms with Crippen molar-refractivity contribution in [2.24, 2.45) is 0 Å². The molecule has 29 heavy (non-hydrogen) atoms. The molecule has 7 heteroatoms. The van der Waals surface area contributed by atoms with Crippen LogP contribution in [0.25, 0.3) is 0 Å². The number of benzene rings is 2. The quantitative estimate of drug-likeness (QED) is 0.738. The summed E-state index contributed by atoms with van der Waals surface area (Å²) >= 11 is 0. The van der Waals surface area contributed by atoms with Crippen molar-refractivity contribution in [1.29, 1.82) is 0 Å². The molecule has 2 atom stereocenters. The Balaban J connectivity index is 1.37. The van der Waals surface area contributed by atoms with Crippen molar-refractivity contribution in [1.82, 2.24) is 5.32 Å². The number of likely N-dealkylation sites (tertiary alicyclic amines) is 1. The number of carbonyl (C=O) groups is 1. The molecule has 0 aromatic heterocycles. The van der Waals surface area contributed by atoms with Crippen molar-refractivity contribution in [2.45, 2.75) is 25.4 Å². The van der Waals surface area contributed by atoms with Gasteiger partial charge in [0.15, 0.2) is 18.0 Å². The van der Waals surface area contributed by atoms with Gasteiger partial charge in [0.05, 0.1) is 26.3 Å². The summed E-state index contributed by atoms with van der Waals surface area (Å²) in [6.45, 7) is 2.13. The topological polar surface area (TPSA) is 70.5 Å². The molecule has 0 bridgehead atoms. The molecule has 2 aliphatic rings. The second kappa shape index (κ2) is 8.61. The molecule has 1 saturated heterocycles. The number of carbonyl (C=O) groups excluding carboxylic acids is 1. The van der Waals surface area contributed by atoms with Crippen molar-refractivity contribution in [3.8, 4) is 23.0 Å². The summed E-state index contributed by atoms with van der Waals surface area (Å²) in [4.78, 5) is 13.9. The van der Waals surface area contributed by atoms with Gasteiger partial charge in [-0.2, -0.15) is 0 Å². The van der Waals surface area contributed by atoms with Crippen LogP contribution in [0, 0.1) is 0 Å². The Morgan fingerprint density at radius 3 is 2.83 bits per heavy atom. The van der Waals surface area contributed by atoms with Crippen molar-refractivity contribution in [3.63, 3.8) is 0 Å². The Hall–Kier alpha value is -2.93. The van der Waals surface area contributed by atoms with Crippen LogP contribution in [0.4, 0.5) is 0 Å². The third kappa shape index (κ3) is 4.24. The summed E-state index contributed by atoms with van der Waals surface area (Å²) in [5, 5.41) is 3.03. The van der Waals surface area contributed by atoms with E-state index in [9.17, 15) is 4.79 Å². The molecule has 154 valence electrons. The highest BCUT2D eigenvalue weighted by molar-refractivity contribution is 5.76. The lowest BCUT2D eigenvalue weighted by Gasteiger charge is -2.23. The first-order valence-corrected chi connectivity index (χ1v) is 9.89. The Bertz CT molecular complexity index is 886. The van der Waals surface area contributed by atoms with Crippen molar-refractivity contribution in [2.75, 3.05) is 34.1 Å². The first-order chi connectivity index (χ1) is 14.2. The normalized spacial score (nSPS) is 19.8. The summed E-state index contributed by atoms with van der Waals surface area (Å²) in [5.41, 5.74) is 2.12. The molecule has 2 heterocycles. The van der Waals surface area contributed by atoms with Crippen molar-refractivity contribution < 1.29 is 28.6 Å². The Morgan fingerprint density at radius 2 is 2.00 bits per heavy atom. The molecule has 2 N–H and O–H groups in total. The fourth-order valence-electron chi connectivity index (χ4n) is 4.13. The van der Waals surface area contributed by atoms with E-state index in [0.29, 0.717) is 13.1 Å². The summed E-state index contributed by atoms with van der Waals surface area (Å²) in [6, 6.07) is 11.9. The molecule has 4 rings (SSSR count). The maximum absolute atomic E-state index is 12.6. The third-order valence-electron chi connectivity index (χ3n) is 5.61. The molecule has 1 unspecified atom stereocenters. The molecule has 0 saturated carbocycles. The van der Waals surface area contributed by atoms with Crippen LogP contribution in [0.2, 0.25) is 0 Å². The number of hydrogen-bond acceptors (Lipinski definition) is 5. The number of rotatable bonds is 7. The van der Waals surface area contributed by atoms with Gasteiger partial charge in [0, 0.05) is 25.5 Å². The second-order valence-corrected chi connectivity index (χ2v) is 7.35. The van der Waals surface area contributed by atoms with E-state index in [-0.39, 0.29) is 18.7 Å². The van der Waals surface area contributed by atoms with Gasteiger partial charge in [0.1, 0.15) is 17.5 Å². The van der Waals surface area contributed by atoms with Gasteiger partial charge in [-0.1, -0.05) is 6.07 Å². The molecule has 1 amide bonds. The van der Waals surface area contributed by atoms with Gasteiger partial charge in [-0.3, -0.25) is 4.79 Å². The van der Waals surface area contributed by atoms with E-state index in [2.05, 4.69) is 11.4 Å². The highest BCUT2D eigenvalue weighted by atomic mass is 16.7. The molecule has 2 aliphatic heterocycles. The van der Waals surface area contributed by atoms with Crippen LogP contribution in [0.3, 0.4) is 0 Å². The monoisotopic (exact) mass is 399 g/mol. The first kappa shape index (κ1) is 19.4. The Kier molecular flexibility index (Phi) is 5.76. The van der Waals surface area contributed by atoms with E-state index in [4.69, 9.17) is 18.9 Å². The highest BCUT2D eigenvalue weighted by Gasteiger charge is 2.33. The number of methoxy groups -OCH3 is 2. The van der Waals surface area contributed by atoms with Crippen LogP contribution in [0.5, 0.6) is 23.0 Å². The first-order valence-electron chi connectivity index (χ1n) is 9.89. The zero-order valence-electron chi connectivity index (χ0n) is 16.8. The fraction of sp³-hybridized carbons (Fsp3) is 0.409. The van der Waals surface area contributed by atoms with Crippen LogP contribution in [0.1, 0.15) is 30.0 Å². The number of hydrogen-bond donors (Lipinski definition) is 2. The molecule has 7 nitrogen and oxygen atoms in total. The van der Waals surface area contributed by atoms with E-state index in [1.807, 2.05) is 30.3 Å². The van der Waals surface area contributed by atoms with E-state index in [0.717, 1.165) is 53.5 Å². The summed E-state index contributed by atoms with van der Waals surface area (Å²) in [6.07, 6.45) is 2.12. The van der Waals surface area contributed by atoms with Crippen LogP contribution in [-0.2, 0) is 11.3 Å². The van der Waals surface area contributed by atoms with Gasteiger partial charge in [-0.25, -0.2) is 0 Å². The zero-order valence-corrected chi connectivity index (χ0v) is 16.8. The van der Waals surface area contributed by atoms with Gasteiger partial charge in [0.25, 0.3) is 5.91 Å². The summed E-state index contributed by atoms with van der Waals surface area (Å²) < 4.78 is 21.6. The van der Waals surface area contributed by atoms with Gasteiger partial charge in [-0.15, -0.1) is 0 Å². The lowest BCUT2D eigenvalue weighted by Crippen LogP contribution is -3.11. The molecular formula is C22H27N2O5+. The molecule has 0 aliphatic carbocycles. The molecule has 1 fully saturated rings. The summed E-state index contributed by atoms with van der Waals surface area (Å²) in [5.74, 6) is 3.10. The van der Waals surface area contributed by atoms with Crippen LogP contribution in [-0.4, -0.2) is 40.0 Å². The van der Waals surface area contributed by atoms with Crippen molar-refractivity contribution in [3.05, 3.63) is 47.5 Å². The minimum Gasteiger partial charge on any atom is -0.497 e. The average Bonchev–Trinajstić information content (AvgIpc) is 3.40. The number of fused-ring (bicyclic) bond motifs is 1. The Labute approximate surface area is 170 Å². The third-order valence-corrected chi connectivity index (χ3v) is 5.61. The lowest BCUT2D eigenvalue weighted by atomic mass is 10.0. The average molecular weight is 399 g/mol.